The average Bonchev–Trinajstić information content (AvgIpc) is 2.90. The number of nitrogen functional groups attached to an aromatic ring is 1. The second-order valence-corrected chi connectivity index (χ2v) is 5.80. The molecule has 1 aromatic rings. The van der Waals surface area contributed by atoms with E-state index in [2.05, 4.69) is 32.8 Å². The van der Waals surface area contributed by atoms with Gasteiger partial charge in [0.1, 0.15) is 37.0 Å². The summed E-state index contributed by atoms with van der Waals surface area (Å²) < 4.78 is 7.31. The third kappa shape index (κ3) is 1.98. The van der Waals surface area contributed by atoms with Crippen molar-refractivity contribution in [3.63, 3.8) is 0 Å². The highest BCUT2D eigenvalue weighted by molar-refractivity contribution is 14.1. The van der Waals surface area contributed by atoms with Gasteiger partial charge in [0.2, 0.25) is 0 Å². The molecule has 0 saturated carbocycles. The minimum absolute atomic E-state index is 0.332. The predicted molar refractivity (Wildman–Crippen MR) is 78.0 cm³/mol. The standard InChI is InChI=1S/C10H14IN5O4/c11-16-3-15(9-5(16)8(12)13-2-14-9)10-7(19)6(18)4(1-17)20-10/h2,4,6-7,10,17-19H,1,3H2,(H2,12,13,14)/t4-,6-,7-,10-/m1/s1. The summed E-state index contributed by atoms with van der Waals surface area (Å²) in [6.45, 7) is 0.0146. The fraction of sp³-hybridized carbons (Fsp3) is 0.600. The Bertz CT molecular complexity index is 520. The van der Waals surface area contributed by atoms with E-state index in [1.54, 1.807) is 8.01 Å². The van der Waals surface area contributed by atoms with Gasteiger partial charge in [0.25, 0.3) is 0 Å². The van der Waals surface area contributed by atoms with Crippen LogP contribution in [-0.2, 0) is 4.74 Å². The number of aliphatic hydroxyl groups excluding tert-OH is 3. The van der Waals surface area contributed by atoms with Gasteiger partial charge in [-0.2, -0.15) is 0 Å². The van der Waals surface area contributed by atoms with E-state index in [1.165, 1.54) is 6.33 Å². The molecule has 0 aromatic carbocycles. The summed E-state index contributed by atoms with van der Waals surface area (Å²) >= 11 is 2.06. The van der Waals surface area contributed by atoms with Crippen molar-refractivity contribution >= 4 is 40.2 Å². The number of hydrogen-bond donors (Lipinski definition) is 4. The second-order valence-electron chi connectivity index (χ2n) is 4.63. The number of aliphatic hydroxyl groups is 3. The van der Waals surface area contributed by atoms with Gasteiger partial charge in [-0.25, -0.2) is 9.97 Å². The van der Waals surface area contributed by atoms with Crippen LogP contribution in [0.2, 0.25) is 0 Å². The Labute approximate surface area is 128 Å². The lowest BCUT2D eigenvalue weighted by Gasteiger charge is -2.27. The molecule has 1 aromatic heterocycles. The zero-order valence-electron chi connectivity index (χ0n) is 10.3. The number of nitrogens with zero attached hydrogens (tertiary/aromatic N) is 4. The molecule has 1 fully saturated rings. The maximum atomic E-state index is 10.1. The molecule has 2 aliphatic rings. The SMILES string of the molecule is Nc1ncnc2c1N(I)CN2[C@@H]1O[C@H](CO)[C@@H](O)[C@H]1O. The highest BCUT2D eigenvalue weighted by atomic mass is 127. The normalized spacial score (nSPS) is 32.8. The summed E-state index contributed by atoms with van der Waals surface area (Å²) in [6.07, 6.45) is -2.57. The molecule has 10 heteroatoms. The van der Waals surface area contributed by atoms with E-state index in [0.29, 0.717) is 24.0 Å². The molecule has 9 nitrogen and oxygen atoms in total. The van der Waals surface area contributed by atoms with Gasteiger partial charge in [-0.1, -0.05) is 0 Å². The third-order valence-corrected chi connectivity index (χ3v) is 4.23. The summed E-state index contributed by atoms with van der Waals surface area (Å²) in [5, 5.41) is 29.0. The van der Waals surface area contributed by atoms with E-state index in [1.807, 2.05) is 0 Å². The molecule has 3 rings (SSSR count). The van der Waals surface area contributed by atoms with Crippen LogP contribution in [0, 0.1) is 0 Å². The van der Waals surface area contributed by atoms with Crippen LogP contribution in [0.5, 0.6) is 0 Å². The largest absolute Gasteiger partial charge is 0.394 e. The third-order valence-electron chi connectivity index (χ3n) is 3.45. The number of ether oxygens (including phenoxy) is 1. The molecule has 20 heavy (non-hydrogen) atoms. The van der Waals surface area contributed by atoms with E-state index in [-0.39, 0.29) is 6.61 Å². The van der Waals surface area contributed by atoms with Gasteiger partial charge in [-0.05, 0) is 0 Å². The minimum Gasteiger partial charge on any atom is -0.394 e. The molecule has 5 N–H and O–H groups in total. The number of rotatable bonds is 2. The van der Waals surface area contributed by atoms with Crippen molar-refractivity contribution in [1.29, 1.82) is 0 Å². The molecule has 3 heterocycles. The fourth-order valence-electron chi connectivity index (χ4n) is 2.44. The van der Waals surface area contributed by atoms with Gasteiger partial charge >= 0.3 is 0 Å². The molecular weight excluding hydrogens is 381 g/mol. The van der Waals surface area contributed by atoms with Crippen LogP contribution >= 0.6 is 22.9 Å². The molecule has 0 bridgehead atoms. The van der Waals surface area contributed by atoms with Gasteiger partial charge in [0.05, 0.1) is 29.5 Å². The van der Waals surface area contributed by atoms with Crippen LogP contribution in [-0.4, -0.2) is 63.1 Å². The monoisotopic (exact) mass is 395 g/mol. The van der Waals surface area contributed by atoms with Crippen LogP contribution in [0.3, 0.4) is 0 Å². The molecule has 4 atom stereocenters. The molecule has 0 spiro atoms. The highest BCUT2D eigenvalue weighted by Gasteiger charge is 2.48. The van der Waals surface area contributed by atoms with Crippen LogP contribution in [0.4, 0.5) is 17.3 Å². The first-order valence-corrected chi connectivity index (χ1v) is 6.94. The molecule has 0 amide bonds. The van der Waals surface area contributed by atoms with Crippen molar-refractivity contribution in [2.45, 2.75) is 24.5 Å². The van der Waals surface area contributed by atoms with Crippen LogP contribution in [0.15, 0.2) is 6.33 Å². The Hall–Kier alpha value is -0.950. The molecule has 2 aliphatic heterocycles. The molecule has 110 valence electrons. The van der Waals surface area contributed by atoms with Gasteiger partial charge in [-0.3, -0.25) is 3.11 Å². The van der Waals surface area contributed by atoms with Crippen molar-refractivity contribution in [2.24, 2.45) is 0 Å². The van der Waals surface area contributed by atoms with Crippen LogP contribution in [0.25, 0.3) is 0 Å². The topological polar surface area (TPSA) is 128 Å². The van der Waals surface area contributed by atoms with E-state index >= 15 is 0 Å². The quantitative estimate of drug-likeness (QED) is 0.347. The number of hydrogen-bond acceptors (Lipinski definition) is 9. The first kappa shape index (κ1) is 14.0. The first-order chi connectivity index (χ1) is 9.54. The molecular formula is C10H14IN5O4. The van der Waals surface area contributed by atoms with Crippen molar-refractivity contribution in [2.75, 3.05) is 27.0 Å². The Balaban J connectivity index is 1.93. The van der Waals surface area contributed by atoms with E-state index < -0.39 is 24.5 Å². The lowest BCUT2D eigenvalue weighted by Crippen LogP contribution is -2.45. The number of aromatic nitrogens is 2. The lowest BCUT2D eigenvalue weighted by atomic mass is 10.1. The number of nitrogens with two attached hydrogens (primary N) is 1. The Morgan fingerprint density at radius 1 is 1.40 bits per heavy atom. The second kappa shape index (κ2) is 5.11. The first-order valence-electron chi connectivity index (χ1n) is 5.97. The molecule has 1 saturated heterocycles. The molecule has 0 aliphatic carbocycles. The van der Waals surface area contributed by atoms with E-state index in [9.17, 15) is 10.2 Å². The number of halogens is 1. The van der Waals surface area contributed by atoms with Crippen molar-refractivity contribution in [3.8, 4) is 0 Å². The van der Waals surface area contributed by atoms with Crippen molar-refractivity contribution in [3.05, 3.63) is 6.33 Å². The average molecular weight is 395 g/mol. The number of anilines is 3. The molecule has 0 radical (unpaired) electrons. The maximum absolute atomic E-state index is 10.1. The molecule has 0 unspecified atom stereocenters. The summed E-state index contributed by atoms with van der Waals surface area (Å²) in [6, 6.07) is 0. The zero-order chi connectivity index (χ0) is 14.4. The summed E-state index contributed by atoms with van der Waals surface area (Å²) in [5.41, 5.74) is 6.47. The van der Waals surface area contributed by atoms with Crippen molar-refractivity contribution in [1.82, 2.24) is 9.97 Å². The minimum atomic E-state index is -1.14. The Morgan fingerprint density at radius 2 is 2.15 bits per heavy atom. The smallest absolute Gasteiger partial charge is 0.162 e. The van der Waals surface area contributed by atoms with Gasteiger partial charge in [0.15, 0.2) is 17.9 Å². The summed E-state index contributed by atoms with van der Waals surface area (Å²) in [4.78, 5) is 9.77. The van der Waals surface area contributed by atoms with E-state index in [0.717, 1.165) is 0 Å². The van der Waals surface area contributed by atoms with E-state index in [4.69, 9.17) is 15.6 Å². The maximum Gasteiger partial charge on any atom is 0.162 e. The van der Waals surface area contributed by atoms with Crippen LogP contribution < -0.4 is 13.7 Å². The van der Waals surface area contributed by atoms with Gasteiger partial charge in [0, 0.05) is 0 Å². The van der Waals surface area contributed by atoms with Gasteiger partial charge < -0.3 is 30.7 Å². The van der Waals surface area contributed by atoms with Crippen LogP contribution in [0.1, 0.15) is 0 Å². The lowest BCUT2D eigenvalue weighted by molar-refractivity contribution is -0.0220. The summed E-state index contributed by atoms with van der Waals surface area (Å²) in [5.74, 6) is 0.861. The summed E-state index contributed by atoms with van der Waals surface area (Å²) in [7, 11) is 0. The number of fused-ring (bicyclic) bond motifs is 1. The van der Waals surface area contributed by atoms with Crippen molar-refractivity contribution < 1.29 is 20.1 Å². The fourth-order valence-corrected chi connectivity index (χ4v) is 3.23. The van der Waals surface area contributed by atoms with Gasteiger partial charge in [-0.15, -0.1) is 0 Å². The Morgan fingerprint density at radius 3 is 2.80 bits per heavy atom. The zero-order valence-corrected chi connectivity index (χ0v) is 12.5. The predicted octanol–water partition coefficient (Wildman–Crippen LogP) is -1.57. The Kier molecular flexibility index (Phi) is 3.58. The highest BCUT2D eigenvalue weighted by Crippen LogP contribution is 2.42.